The molecular formula is C18H23F3N2O4. The molecule has 27 heavy (non-hydrogen) atoms. The molecule has 3 atom stereocenters. The van der Waals surface area contributed by atoms with Crippen molar-refractivity contribution in [1.29, 1.82) is 0 Å². The van der Waals surface area contributed by atoms with E-state index >= 15 is 0 Å². The van der Waals surface area contributed by atoms with Crippen molar-refractivity contribution < 1.29 is 32.3 Å². The Morgan fingerprint density at radius 1 is 1.26 bits per heavy atom. The molecule has 1 aromatic rings. The van der Waals surface area contributed by atoms with Gasteiger partial charge in [-0.3, -0.25) is 4.79 Å². The number of nitrogens with one attached hydrogen (secondary N) is 1. The van der Waals surface area contributed by atoms with Crippen LogP contribution in [0.25, 0.3) is 0 Å². The first-order valence-corrected chi connectivity index (χ1v) is 9.05. The summed E-state index contributed by atoms with van der Waals surface area (Å²) in [6, 6.07) is 3.74. The Morgan fingerprint density at radius 3 is 2.37 bits per heavy atom. The van der Waals surface area contributed by atoms with Gasteiger partial charge in [-0.1, -0.05) is 0 Å². The molecule has 1 unspecified atom stereocenters. The molecule has 1 aliphatic heterocycles. The highest BCUT2D eigenvalue weighted by molar-refractivity contribution is 5.76. The third-order valence-electron chi connectivity index (χ3n) is 5.36. The molecular weight excluding hydrogens is 365 g/mol. The molecule has 1 saturated heterocycles. The maximum atomic E-state index is 11.9. The zero-order valence-electron chi connectivity index (χ0n) is 14.7. The van der Waals surface area contributed by atoms with Crippen LogP contribution in [0.5, 0.6) is 0 Å². The average molecular weight is 388 g/mol. The van der Waals surface area contributed by atoms with Crippen LogP contribution in [0, 0.1) is 23.7 Å². The van der Waals surface area contributed by atoms with Gasteiger partial charge in [0.05, 0.1) is 12.8 Å². The van der Waals surface area contributed by atoms with Crippen LogP contribution in [-0.4, -0.2) is 47.7 Å². The summed E-state index contributed by atoms with van der Waals surface area (Å²) in [6.45, 7) is 4.29. The van der Waals surface area contributed by atoms with Gasteiger partial charge in [-0.15, -0.1) is 0 Å². The lowest BCUT2D eigenvalue weighted by Crippen LogP contribution is -2.29. The highest BCUT2D eigenvalue weighted by atomic mass is 19.4. The van der Waals surface area contributed by atoms with Crippen LogP contribution in [0.2, 0.25) is 0 Å². The van der Waals surface area contributed by atoms with Crippen molar-refractivity contribution in [3.63, 3.8) is 0 Å². The fourth-order valence-corrected chi connectivity index (χ4v) is 3.74. The van der Waals surface area contributed by atoms with Gasteiger partial charge in [0.15, 0.2) is 0 Å². The molecule has 6 nitrogen and oxygen atoms in total. The van der Waals surface area contributed by atoms with Crippen molar-refractivity contribution >= 4 is 11.9 Å². The predicted molar refractivity (Wildman–Crippen MR) is 88.5 cm³/mol. The lowest BCUT2D eigenvalue weighted by molar-refractivity contribution is -0.192. The van der Waals surface area contributed by atoms with Gasteiger partial charge in [0.2, 0.25) is 5.91 Å². The molecule has 2 heterocycles. The highest BCUT2D eigenvalue weighted by Gasteiger charge is 2.56. The van der Waals surface area contributed by atoms with Crippen molar-refractivity contribution in [1.82, 2.24) is 10.2 Å². The van der Waals surface area contributed by atoms with Crippen LogP contribution < -0.4 is 5.32 Å². The number of carboxylic acids is 1. The van der Waals surface area contributed by atoms with Crippen molar-refractivity contribution in [2.45, 2.75) is 32.0 Å². The van der Waals surface area contributed by atoms with Crippen LogP contribution in [0.4, 0.5) is 13.2 Å². The molecule has 0 spiro atoms. The lowest BCUT2D eigenvalue weighted by atomic mass is 10.2. The standard InChI is InChI=1S/C16H22N2O2.C2HF3O2/c19-16(17-7-12-2-1-5-20-12)6-13-14-9-18(10-15(13)14)8-11-3-4-11;3-2(4,5)1(6)7/h1-2,5,11,13-15H,3-4,6-10H2,(H,17,19);(H,6,7)/t13?,14-,15+;. The van der Waals surface area contributed by atoms with Gasteiger partial charge in [-0.2, -0.15) is 13.2 Å². The predicted octanol–water partition coefficient (Wildman–Crippen LogP) is 2.51. The number of carbonyl (C=O) groups excluding carboxylic acids is 1. The van der Waals surface area contributed by atoms with Gasteiger partial charge in [0.25, 0.3) is 0 Å². The number of rotatable bonds is 6. The van der Waals surface area contributed by atoms with E-state index in [0.717, 1.165) is 23.5 Å². The third-order valence-corrected chi connectivity index (χ3v) is 5.36. The molecule has 2 saturated carbocycles. The summed E-state index contributed by atoms with van der Waals surface area (Å²) in [7, 11) is 0. The molecule has 1 aromatic heterocycles. The van der Waals surface area contributed by atoms with E-state index in [4.69, 9.17) is 14.3 Å². The summed E-state index contributed by atoms with van der Waals surface area (Å²) in [6.07, 6.45) is 0.128. The summed E-state index contributed by atoms with van der Waals surface area (Å²) < 4.78 is 37.0. The minimum atomic E-state index is -5.08. The Bertz CT molecular complexity index is 646. The quantitative estimate of drug-likeness (QED) is 0.783. The number of amides is 1. The fraction of sp³-hybridized carbons (Fsp3) is 0.667. The number of hydrogen-bond acceptors (Lipinski definition) is 4. The molecule has 2 aliphatic carbocycles. The van der Waals surface area contributed by atoms with Crippen molar-refractivity contribution in [2.75, 3.05) is 19.6 Å². The minimum absolute atomic E-state index is 0.176. The number of furan rings is 1. The number of piperidine rings is 1. The number of carboxylic acid groups (broad SMARTS) is 1. The maximum Gasteiger partial charge on any atom is 0.490 e. The second-order valence-corrected chi connectivity index (χ2v) is 7.52. The second-order valence-electron chi connectivity index (χ2n) is 7.52. The number of halogens is 3. The molecule has 1 amide bonds. The molecule has 2 N–H and O–H groups in total. The fourth-order valence-electron chi connectivity index (χ4n) is 3.74. The number of alkyl halides is 3. The highest BCUT2D eigenvalue weighted by Crippen LogP contribution is 2.54. The second kappa shape index (κ2) is 7.92. The zero-order valence-corrected chi connectivity index (χ0v) is 14.7. The number of hydrogen-bond donors (Lipinski definition) is 2. The van der Waals surface area contributed by atoms with Crippen molar-refractivity contribution in [3.8, 4) is 0 Å². The van der Waals surface area contributed by atoms with Gasteiger partial charge in [-0.05, 0) is 48.6 Å². The molecule has 0 aromatic carbocycles. The number of aliphatic carboxylic acids is 1. The summed E-state index contributed by atoms with van der Waals surface area (Å²) in [5.74, 6) is 1.46. The number of nitrogens with zero attached hydrogens (tertiary/aromatic N) is 1. The SMILES string of the molecule is O=C(CC1[C@H]2CN(CC3CC3)C[C@@H]12)NCc1ccco1.O=C(O)C(F)(F)F. The first-order chi connectivity index (χ1) is 12.7. The zero-order chi connectivity index (χ0) is 19.6. The van der Waals surface area contributed by atoms with Gasteiger partial charge in [-0.25, -0.2) is 4.79 Å². The van der Waals surface area contributed by atoms with E-state index in [9.17, 15) is 18.0 Å². The summed E-state index contributed by atoms with van der Waals surface area (Å²) >= 11 is 0. The first-order valence-electron chi connectivity index (χ1n) is 9.05. The Balaban J connectivity index is 0.000000260. The molecule has 4 rings (SSSR count). The Morgan fingerprint density at radius 2 is 1.89 bits per heavy atom. The monoisotopic (exact) mass is 388 g/mol. The lowest BCUT2D eigenvalue weighted by Gasteiger charge is -2.18. The van der Waals surface area contributed by atoms with Gasteiger partial charge >= 0.3 is 12.1 Å². The first kappa shape index (κ1) is 19.7. The van der Waals surface area contributed by atoms with Crippen LogP contribution in [0.3, 0.4) is 0 Å². The van der Waals surface area contributed by atoms with Crippen LogP contribution in [0.1, 0.15) is 25.0 Å². The molecule has 3 fully saturated rings. The molecule has 0 bridgehead atoms. The van der Waals surface area contributed by atoms with E-state index < -0.39 is 12.1 Å². The molecule has 3 aliphatic rings. The van der Waals surface area contributed by atoms with E-state index in [-0.39, 0.29) is 5.91 Å². The summed E-state index contributed by atoms with van der Waals surface area (Å²) in [5.41, 5.74) is 0. The topological polar surface area (TPSA) is 82.8 Å². The van der Waals surface area contributed by atoms with E-state index in [0.29, 0.717) is 18.9 Å². The third kappa shape index (κ3) is 5.72. The molecule has 150 valence electrons. The van der Waals surface area contributed by atoms with Crippen LogP contribution >= 0.6 is 0 Å². The number of carbonyl (C=O) groups is 2. The van der Waals surface area contributed by atoms with E-state index in [2.05, 4.69) is 10.2 Å². The van der Waals surface area contributed by atoms with E-state index in [1.165, 1.54) is 32.5 Å². The van der Waals surface area contributed by atoms with E-state index in [1.807, 2.05) is 12.1 Å². The Labute approximate surface area is 154 Å². The van der Waals surface area contributed by atoms with Crippen LogP contribution in [-0.2, 0) is 16.1 Å². The summed E-state index contributed by atoms with van der Waals surface area (Å²) in [4.78, 5) is 23.4. The minimum Gasteiger partial charge on any atom is -0.475 e. The Kier molecular flexibility index (Phi) is 5.78. The van der Waals surface area contributed by atoms with Gasteiger partial charge < -0.3 is 19.7 Å². The summed E-state index contributed by atoms with van der Waals surface area (Å²) in [5, 5.41) is 10.1. The van der Waals surface area contributed by atoms with Gasteiger partial charge in [0.1, 0.15) is 5.76 Å². The largest absolute Gasteiger partial charge is 0.490 e. The molecule has 0 radical (unpaired) electrons. The maximum absolute atomic E-state index is 11.9. The number of likely N-dealkylation sites (tertiary alicyclic amines) is 1. The smallest absolute Gasteiger partial charge is 0.475 e. The number of fused-ring (bicyclic) bond motifs is 1. The van der Waals surface area contributed by atoms with Gasteiger partial charge in [0, 0.05) is 26.1 Å². The van der Waals surface area contributed by atoms with Crippen LogP contribution in [0.15, 0.2) is 22.8 Å². The normalized spacial score (nSPS) is 26.7. The average Bonchev–Trinajstić information content (AvgIpc) is 3.36. The van der Waals surface area contributed by atoms with E-state index in [1.54, 1.807) is 6.26 Å². The Hall–Kier alpha value is -2.03. The van der Waals surface area contributed by atoms with Crippen molar-refractivity contribution in [2.24, 2.45) is 23.7 Å². The van der Waals surface area contributed by atoms with Crippen molar-refractivity contribution in [3.05, 3.63) is 24.2 Å². The molecule has 9 heteroatoms.